The normalized spacial score (nSPS) is 10.8. The smallest absolute Gasteiger partial charge is 0.262 e. The molecule has 0 bridgehead atoms. The maximum atomic E-state index is 12.6. The van der Waals surface area contributed by atoms with Crippen LogP contribution in [0.15, 0.2) is 40.9 Å². The van der Waals surface area contributed by atoms with Gasteiger partial charge in [-0.25, -0.2) is 0 Å². The summed E-state index contributed by atoms with van der Waals surface area (Å²) in [5, 5.41) is 6.86. The Labute approximate surface area is 180 Å². The Bertz CT molecular complexity index is 1100. The van der Waals surface area contributed by atoms with Crippen molar-refractivity contribution in [2.24, 2.45) is 0 Å². The van der Waals surface area contributed by atoms with Crippen LogP contribution in [0.25, 0.3) is 11.5 Å². The quantitative estimate of drug-likeness (QED) is 0.536. The lowest BCUT2D eigenvalue weighted by molar-refractivity contribution is -0.118. The lowest BCUT2D eigenvalue weighted by Gasteiger charge is -2.14. The van der Waals surface area contributed by atoms with Crippen molar-refractivity contribution in [1.82, 2.24) is 10.1 Å². The molecular formula is C23H25N3O5. The average molecular weight is 423 g/mol. The van der Waals surface area contributed by atoms with E-state index in [0.29, 0.717) is 40.0 Å². The second kappa shape index (κ2) is 9.42. The second-order valence-electron chi connectivity index (χ2n) is 7.37. The Morgan fingerprint density at radius 1 is 1.16 bits per heavy atom. The van der Waals surface area contributed by atoms with Crippen LogP contribution in [0.2, 0.25) is 0 Å². The highest BCUT2D eigenvalue weighted by molar-refractivity contribution is 5.97. The van der Waals surface area contributed by atoms with Gasteiger partial charge in [-0.15, -0.1) is 0 Å². The number of benzene rings is 2. The van der Waals surface area contributed by atoms with Crippen molar-refractivity contribution in [1.29, 1.82) is 0 Å². The Morgan fingerprint density at radius 2 is 1.94 bits per heavy atom. The van der Waals surface area contributed by atoms with Gasteiger partial charge in [0.25, 0.3) is 11.8 Å². The molecule has 0 saturated heterocycles. The first-order valence-corrected chi connectivity index (χ1v) is 9.85. The van der Waals surface area contributed by atoms with Gasteiger partial charge in [0.15, 0.2) is 29.7 Å². The van der Waals surface area contributed by atoms with Gasteiger partial charge in [0.05, 0.1) is 18.4 Å². The number of ketones is 1. The van der Waals surface area contributed by atoms with E-state index in [1.165, 1.54) is 14.0 Å². The molecule has 1 amide bonds. The standard InChI is InChI=1S/C23H25N3O5/c1-13(2)22-25-23(31-26-22)17-8-6-7-14(3)21(17)24-20(28)12-30-18-10-9-16(15(4)27)11-19(18)29-5/h6-11,13H,12H2,1-5H3,(H,24,28). The van der Waals surface area contributed by atoms with Crippen LogP contribution in [0.1, 0.15) is 48.4 Å². The zero-order valence-corrected chi connectivity index (χ0v) is 18.2. The van der Waals surface area contributed by atoms with Gasteiger partial charge in [-0.2, -0.15) is 4.98 Å². The van der Waals surface area contributed by atoms with Crippen molar-refractivity contribution in [3.05, 3.63) is 53.3 Å². The number of aryl methyl sites for hydroxylation is 1. The van der Waals surface area contributed by atoms with E-state index >= 15 is 0 Å². The molecule has 0 unspecified atom stereocenters. The van der Waals surface area contributed by atoms with E-state index in [2.05, 4.69) is 15.5 Å². The number of hydrogen-bond donors (Lipinski definition) is 1. The molecule has 1 heterocycles. The SMILES string of the molecule is COc1cc(C(C)=O)ccc1OCC(=O)Nc1c(C)cccc1-c1nc(C(C)C)no1. The largest absolute Gasteiger partial charge is 0.493 e. The van der Waals surface area contributed by atoms with E-state index in [9.17, 15) is 9.59 Å². The monoisotopic (exact) mass is 423 g/mol. The van der Waals surface area contributed by atoms with Gasteiger partial charge in [0, 0.05) is 11.5 Å². The summed E-state index contributed by atoms with van der Waals surface area (Å²) >= 11 is 0. The van der Waals surface area contributed by atoms with Gasteiger partial charge in [-0.3, -0.25) is 9.59 Å². The lowest BCUT2D eigenvalue weighted by atomic mass is 10.1. The van der Waals surface area contributed by atoms with E-state index in [1.807, 2.05) is 39.0 Å². The van der Waals surface area contributed by atoms with Crippen LogP contribution in [0.4, 0.5) is 5.69 Å². The second-order valence-corrected chi connectivity index (χ2v) is 7.37. The Kier molecular flexibility index (Phi) is 6.69. The molecule has 0 radical (unpaired) electrons. The fourth-order valence-corrected chi connectivity index (χ4v) is 2.92. The molecule has 0 spiro atoms. The molecule has 0 atom stereocenters. The summed E-state index contributed by atoms with van der Waals surface area (Å²) < 4.78 is 16.3. The van der Waals surface area contributed by atoms with Crippen molar-refractivity contribution in [3.63, 3.8) is 0 Å². The number of aromatic nitrogens is 2. The van der Waals surface area contributed by atoms with Crippen LogP contribution in [-0.4, -0.2) is 35.5 Å². The summed E-state index contributed by atoms with van der Waals surface area (Å²) in [7, 11) is 1.47. The molecule has 0 aliphatic rings. The third-order valence-corrected chi connectivity index (χ3v) is 4.65. The van der Waals surface area contributed by atoms with Crippen LogP contribution in [0, 0.1) is 6.92 Å². The third-order valence-electron chi connectivity index (χ3n) is 4.65. The Balaban J connectivity index is 1.76. The van der Waals surface area contributed by atoms with Crippen LogP contribution >= 0.6 is 0 Å². The van der Waals surface area contributed by atoms with E-state index in [-0.39, 0.29) is 24.2 Å². The number of para-hydroxylation sites is 1. The van der Waals surface area contributed by atoms with Gasteiger partial charge in [0.2, 0.25) is 0 Å². The molecule has 8 heteroatoms. The number of rotatable bonds is 8. The fraction of sp³-hybridized carbons (Fsp3) is 0.304. The average Bonchev–Trinajstić information content (AvgIpc) is 3.24. The van der Waals surface area contributed by atoms with Crippen LogP contribution in [0.5, 0.6) is 11.5 Å². The molecule has 0 saturated carbocycles. The molecule has 2 aromatic carbocycles. The number of ether oxygens (including phenoxy) is 2. The minimum absolute atomic E-state index is 0.0867. The third kappa shape index (κ3) is 5.09. The zero-order valence-electron chi connectivity index (χ0n) is 18.2. The van der Waals surface area contributed by atoms with Gasteiger partial charge in [0.1, 0.15) is 0 Å². The number of amides is 1. The van der Waals surface area contributed by atoms with E-state index in [4.69, 9.17) is 14.0 Å². The van der Waals surface area contributed by atoms with E-state index < -0.39 is 0 Å². The lowest BCUT2D eigenvalue weighted by Crippen LogP contribution is -2.21. The number of hydrogen-bond acceptors (Lipinski definition) is 7. The first-order chi connectivity index (χ1) is 14.8. The highest BCUT2D eigenvalue weighted by atomic mass is 16.5. The highest BCUT2D eigenvalue weighted by Gasteiger charge is 2.18. The summed E-state index contributed by atoms with van der Waals surface area (Å²) in [4.78, 5) is 28.6. The molecule has 3 rings (SSSR count). The van der Waals surface area contributed by atoms with Crippen molar-refractivity contribution in [2.45, 2.75) is 33.6 Å². The molecular weight excluding hydrogens is 398 g/mol. The summed E-state index contributed by atoms with van der Waals surface area (Å²) in [5.41, 5.74) is 2.56. The van der Waals surface area contributed by atoms with Crippen molar-refractivity contribution < 1.29 is 23.6 Å². The zero-order chi connectivity index (χ0) is 22.5. The molecule has 0 aliphatic heterocycles. The van der Waals surface area contributed by atoms with E-state index in [0.717, 1.165) is 5.56 Å². The van der Waals surface area contributed by atoms with Gasteiger partial charge < -0.3 is 19.3 Å². The van der Waals surface area contributed by atoms with Crippen molar-refractivity contribution in [2.75, 3.05) is 19.0 Å². The Morgan fingerprint density at radius 3 is 2.58 bits per heavy atom. The molecule has 3 aromatic rings. The molecule has 0 fully saturated rings. The number of nitrogens with zero attached hydrogens (tertiary/aromatic N) is 2. The van der Waals surface area contributed by atoms with Crippen LogP contribution in [0.3, 0.4) is 0 Å². The number of methoxy groups -OCH3 is 1. The maximum Gasteiger partial charge on any atom is 0.262 e. The summed E-state index contributed by atoms with van der Waals surface area (Å²) in [5.74, 6) is 1.35. The molecule has 0 aliphatic carbocycles. The molecule has 1 N–H and O–H groups in total. The first-order valence-electron chi connectivity index (χ1n) is 9.85. The van der Waals surface area contributed by atoms with E-state index in [1.54, 1.807) is 18.2 Å². The van der Waals surface area contributed by atoms with Gasteiger partial charge in [-0.05, 0) is 43.7 Å². The summed E-state index contributed by atoms with van der Waals surface area (Å²) in [6, 6.07) is 10.4. The first kappa shape index (κ1) is 22.0. The number of carbonyl (C=O) groups excluding carboxylic acids is 2. The van der Waals surface area contributed by atoms with Crippen molar-refractivity contribution >= 4 is 17.4 Å². The molecule has 1 aromatic heterocycles. The predicted octanol–water partition coefficient (Wildman–Crippen LogP) is 4.40. The summed E-state index contributed by atoms with van der Waals surface area (Å²) in [6.07, 6.45) is 0. The minimum Gasteiger partial charge on any atom is -0.493 e. The topological polar surface area (TPSA) is 104 Å². The number of Topliss-reactive ketones (excluding diaryl/α,β-unsaturated/α-hetero) is 1. The van der Waals surface area contributed by atoms with Gasteiger partial charge in [-0.1, -0.05) is 31.1 Å². The Hall–Kier alpha value is -3.68. The van der Waals surface area contributed by atoms with Gasteiger partial charge >= 0.3 is 0 Å². The molecule has 31 heavy (non-hydrogen) atoms. The minimum atomic E-state index is -0.364. The predicted molar refractivity (Wildman–Crippen MR) is 116 cm³/mol. The van der Waals surface area contributed by atoms with Crippen LogP contribution < -0.4 is 14.8 Å². The molecule has 8 nitrogen and oxygen atoms in total. The number of carbonyl (C=O) groups is 2. The fourth-order valence-electron chi connectivity index (χ4n) is 2.92. The number of anilines is 1. The highest BCUT2D eigenvalue weighted by Crippen LogP contribution is 2.31. The number of nitrogens with one attached hydrogen (secondary N) is 1. The molecule has 162 valence electrons. The maximum absolute atomic E-state index is 12.6. The van der Waals surface area contributed by atoms with Crippen LogP contribution in [-0.2, 0) is 4.79 Å². The van der Waals surface area contributed by atoms with Crippen molar-refractivity contribution in [3.8, 4) is 23.0 Å². The summed E-state index contributed by atoms with van der Waals surface area (Å²) in [6.45, 7) is 7.05.